The molecule has 1 amide bonds. The molecule has 0 bridgehead atoms. The number of aliphatic hydroxyl groups is 1. The Labute approximate surface area is 140 Å². The zero-order valence-corrected chi connectivity index (χ0v) is 14.4. The first kappa shape index (κ1) is 16.2. The third-order valence-electron chi connectivity index (χ3n) is 4.81. The second-order valence-corrected chi connectivity index (χ2v) is 7.68. The van der Waals surface area contributed by atoms with Gasteiger partial charge in [-0.3, -0.25) is 9.59 Å². The second kappa shape index (κ2) is 6.48. The van der Waals surface area contributed by atoms with Gasteiger partial charge < -0.3 is 10.0 Å². The molecule has 1 fully saturated rings. The lowest BCUT2D eigenvalue weighted by molar-refractivity contribution is -0.132. The van der Waals surface area contributed by atoms with E-state index in [4.69, 9.17) is 0 Å². The van der Waals surface area contributed by atoms with Crippen molar-refractivity contribution in [3.63, 3.8) is 0 Å². The second-order valence-electron chi connectivity index (χ2n) is 6.70. The summed E-state index contributed by atoms with van der Waals surface area (Å²) in [5.41, 5.74) is 0.290. The molecule has 1 atom stereocenters. The molecule has 1 aromatic heterocycles. The van der Waals surface area contributed by atoms with Crippen LogP contribution in [-0.4, -0.2) is 27.7 Å². The lowest BCUT2D eigenvalue weighted by Crippen LogP contribution is -2.41. The van der Waals surface area contributed by atoms with Gasteiger partial charge in [0.2, 0.25) is 0 Å². The Morgan fingerprint density at radius 2 is 2.00 bits per heavy atom. The third-order valence-corrected chi connectivity index (χ3v) is 5.74. The molecular formula is C18H23NO3S. The van der Waals surface area contributed by atoms with Crippen molar-refractivity contribution in [2.75, 3.05) is 0 Å². The number of rotatable bonds is 4. The number of nitrogens with zero attached hydrogens (tertiary/aromatic N) is 1. The Bertz CT molecular complexity index is 627. The number of hydrogen-bond donors (Lipinski definition) is 1. The zero-order chi connectivity index (χ0) is 16.6. The Kier molecular flexibility index (Phi) is 4.57. The largest absolute Gasteiger partial charge is 0.503 e. The van der Waals surface area contributed by atoms with Crippen LogP contribution >= 0.6 is 11.3 Å². The molecule has 3 rings (SSSR count). The summed E-state index contributed by atoms with van der Waals surface area (Å²) < 4.78 is 0. The van der Waals surface area contributed by atoms with Crippen LogP contribution in [0.25, 0.3) is 0 Å². The van der Waals surface area contributed by atoms with Crippen molar-refractivity contribution >= 4 is 23.0 Å². The van der Waals surface area contributed by atoms with Gasteiger partial charge in [-0.15, -0.1) is 11.3 Å². The molecule has 23 heavy (non-hydrogen) atoms. The van der Waals surface area contributed by atoms with Crippen LogP contribution in [0.15, 0.2) is 28.8 Å². The van der Waals surface area contributed by atoms with Gasteiger partial charge in [0.05, 0.1) is 11.6 Å². The Balaban J connectivity index is 2.03. The van der Waals surface area contributed by atoms with E-state index in [-0.39, 0.29) is 35.0 Å². The minimum Gasteiger partial charge on any atom is -0.503 e. The molecule has 0 spiro atoms. The van der Waals surface area contributed by atoms with Crippen LogP contribution in [-0.2, 0) is 9.59 Å². The van der Waals surface area contributed by atoms with Gasteiger partial charge in [0.25, 0.3) is 5.91 Å². The first-order valence-electron chi connectivity index (χ1n) is 8.35. The van der Waals surface area contributed by atoms with Crippen LogP contribution < -0.4 is 0 Å². The summed E-state index contributed by atoms with van der Waals surface area (Å²) in [4.78, 5) is 28.1. The summed E-state index contributed by atoms with van der Waals surface area (Å²) in [7, 11) is 0. The number of hydrogen-bond acceptors (Lipinski definition) is 4. The van der Waals surface area contributed by atoms with Crippen LogP contribution in [0.4, 0.5) is 0 Å². The molecule has 1 aliphatic carbocycles. The molecule has 4 nitrogen and oxygen atoms in total. The summed E-state index contributed by atoms with van der Waals surface area (Å²) in [5, 5.41) is 12.4. The number of carbonyl (C=O) groups is 2. The molecule has 2 heterocycles. The molecule has 0 radical (unpaired) electrons. The maximum Gasteiger partial charge on any atom is 0.290 e. The number of aliphatic hydroxyl groups excluding tert-OH is 1. The van der Waals surface area contributed by atoms with Gasteiger partial charge in [-0.05, 0) is 24.3 Å². The first-order chi connectivity index (χ1) is 11.0. The fourth-order valence-electron chi connectivity index (χ4n) is 3.65. The Morgan fingerprint density at radius 3 is 2.57 bits per heavy atom. The number of carbonyl (C=O) groups excluding carboxylic acids is 2. The fourth-order valence-corrected chi connectivity index (χ4v) is 4.48. The smallest absolute Gasteiger partial charge is 0.290 e. The van der Waals surface area contributed by atoms with E-state index in [1.807, 2.05) is 31.4 Å². The van der Waals surface area contributed by atoms with E-state index in [1.54, 1.807) is 4.90 Å². The van der Waals surface area contributed by atoms with E-state index in [0.29, 0.717) is 0 Å². The molecule has 5 heteroatoms. The lowest BCUT2D eigenvalue weighted by atomic mass is 9.91. The van der Waals surface area contributed by atoms with Crippen molar-refractivity contribution in [3.8, 4) is 0 Å². The van der Waals surface area contributed by atoms with E-state index in [0.717, 1.165) is 30.6 Å². The fraction of sp³-hybridized carbons (Fsp3) is 0.556. The monoisotopic (exact) mass is 333 g/mol. The van der Waals surface area contributed by atoms with Crippen molar-refractivity contribution in [3.05, 3.63) is 33.7 Å². The third kappa shape index (κ3) is 2.82. The maximum absolute atomic E-state index is 12.7. The summed E-state index contributed by atoms with van der Waals surface area (Å²) >= 11 is 1.53. The van der Waals surface area contributed by atoms with Crippen molar-refractivity contribution in [2.24, 2.45) is 5.92 Å². The highest BCUT2D eigenvalue weighted by Crippen LogP contribution is 2.43. The molecule has 1 saturated carbocycles. The number of Topliss-reactive ketones (excluding diaryl/α,β-unsaturated/α-hetero) is 1. The van der Waals surface area contributed by atoms with Crippen LogP contribution in [0.5, 0.6) is 0 Å². The molecule has 124 valence electrons. The summed E-state index contributed by atoms with van der Waals surface area (Å²) in [6.07, 6.45) is 5.28. The Hall–Kier alpha value is -1.62. The average molecular weight is 333 g/mol. The predicted octanol–water partition coefficient (Wildman–Crippen LogP) is 4.00. The first-order valence-corrected chi connectivity index (χ1v) is 9.23. The number of amides is 1. The highest BCUT2D eigenvalue weighted by molar-refractivity contribution is 7.10. The van der Waals surface area contributed by atoms with Gasteiger partial charge >= 0.3 is 0 Å². The van der Waals surface area contributed by atoms with E-state index in [9.17, 15) is 14.7 Å². The topological polar surface area (TPSA) is 57.6 Å². The van der Waals surface area contributed by atoms with E-state index in [2.05, 4.69) is 0 Å². The normalized spacial score (nSPS) is 23.2. The highest BCUT2D eigenvalue weighted by Gasteiger charge is 2.47. The molecule has 1 aliphatic heterocycles. The van der Waals surface area contributed by atoms with Gasteiger partial charge in [0, 0.05) is 16.8 Å². The van der Waals surface area contributed by atoms with E-state index < -0.39 is 6.04 Å². The Morgan fingerprint density at radius 1 is 1.30 bits per heavy atom. The van der Waals surface area contributed by atoms with Crippen molar-refractivity contribution in [1.29, 1.82) is 0 Å². The predicted molar refractivity (Wildman–Crippen MR) is 90.3 cm³/mol. The van der Waals surface area contributed by atoms with Gasteiger partial charge in [-0.25, -0.2) is 0 Å². The molecule has 0 aromatic carbocycles. The van der Waals surface area contributed by atoms with Crippen molar-refractivity contribution in [1.82, 2.24) is 4.90 Å². The zero-order valence-electron chi connectivity index (χ0n) is 13.6. The van der Waals surface area contributed by atoms with Crippen LogP contribution in [0, 0.1) is 5.92 Å². The quantitative estimate of drug-likeness (QED) is 0.906. The molecule has 2 aliphatic rings. The summed E-state index contributed by atoms with van der Waals surface area (Å²) in [5.74, 6) is -1.09. The molecule has 1 aromatic rings. The molecule has 1 unspecified atom stereocenters. The van der Waals surface area contributed by atoms with Gasteiger partial charge in [-0.1, -0.05) is 39.2 Å². The summed E-state index contributed by atoms with van der Waals surface area (Å²) in [6, 6.07) is 3.57. The highest BCUT2D eigenvalue weighted by atomic mass is 32.1. The number of thiophene rings is 1. The van der Waals surface area contributed by atoms with Gasteiger partial charge in [0.1, 0.15) is 0 Å². The van der Waals surface area contributed by atoms with Crippen molar-refractivity contribution in [2.45, 2.75) is 58.0 Å². The molecule has 0 saturated heterocycles. The van der Waals surface area contributed by atoms with Crippen LogP contribution in [0.2, 0.25) is 0 Å². The van der Waals surface area contributed by atoms with E-state index >= 15 is 0 Å². The SMILES string of the molecule is CC(C)C(=O)C1=C(O)C(=O)N(C2CCCCC2)C1c1cccs1. The molecule has 1 N–H and O–H groups in total. The standard InChI is InChI=1S/C18H23NO3S/c1-11(2)16(20)14-15(13-9-6-10-23-13)19(18(22)17(14)21)12-7-4-3-5-8-12/h6,9-12,15,21H,3-5,7-8H2,1-2H3. The van der Waals surface area contributed by atoms with Gasteiger partial charge in [0.15, 0.2) is 11.5 Å². The minimum absolute atomic E-state index is 0.114. The average Bonchev–Trinajstić information content (AvgIpc) is 3.15. The summed E-state index contributed by atoms with van der Waals surface area (Å²) in [6.45, 7) is 3.61. The number of ketones is 1. The molecular weight excluding hydrogens is 310 g/mol. The van der Waals surface area contributed by atoms with Crippen LogP contribution in [0.3, 0.4) is 0 Å². The maximum atomic E-state index is 12.7. The lowest BCUT2D eigenvalue weighted by Gasteiger charge is -2.36. The van der Waals surface area contributed by atoms with Crippen LogP contribution in [0.1, 0.15) is 56.9 Å². The van der Waals surface area contributed by atoms with Crippen molar-refractivity contribution < 1.29 is 14.7 Å². The minimum atomic E-state index is -0.416. The van der Waals surface area contributed by atoms with E-state index in [1.165, 1.54) is 17.8 Å². The van der Waals surface area contributed by atoms with Gasteiger partial charge in [-0.2, -0.15) is 0 Å².